The summed E-state index contributed by atoms with van der Waals surface area (Å²) in [6.45, 7) is 2.47. The molecule has 0 radical (unpaired) electrons. The van der Waals surface area contributed by atoms with Crippen LogP contribution in [0.15, 0.2) is 35.7 Å². The van der Waals surface area contributed by atoms with E-state index in [0.29, 0.717) is 6.54 Å². The van der Waals surface area contributed by atoms with Gasteiger partial charge in [-0.25, -0.2) is 4.98 Å². The number of carboxylic acid groups (broad SMARTS) is 1. The number of aliphatic carboxylic acids is 1. The molecule has 1 N–H and O–H groups in total. The van der Waals surface area contributed by atoms with Crippen molar-refractivity contribution in [3.05, 3.63) is 52.0 Å². The van der Waals surface area contributed by atoms with Gasteiger partial charge in [0.25, 0.3) is 0 Å². The van der Waals surface area contributed by atoms with Crippen molar-refractivity contribution in [2.45, 2.75) is 19.5 Å². The van der Waals surface area contributed by atoms with Crippen molar-refractivity contribution in [2.24, 2.45) is 0 Å². The summed E-state index contributed by atoms with van der Waals surface area (Å²) in [7, 11) is 1.81. The van der Waals surface area contributed by atoms with E-state index in [1.165, 1.54) is 0 Å². The molecule has 0 bridgehead atoms. The van der Waals surface area contributed by atoms with E-state index in [9.17, 15) is 9.90 Å². The van der Waals surface area contributed by atoms with Crippen molar-refractivity contribution in [1.82, 2.24) is 9.88 Å². The second-order valence-electron chi connectivity index (χ2n) is 4.42. The van der Waals surface area contributed by atoms with Crippen LogP contribution in [-0.2, 0) is 11.3 Å². The molecule has 1 atom stereocenters. The van der Waals surface area contributed by atoms with Gasteiger partial charge in [0, 0.05) is 11.9 Å². The number of rotatable bonds is 5. The topological polar surface area (TPSA) is 53.4 Å². The maximum atomic E-state index is 11.5. The normalized spacial score (nSPS) is 12.6. The average Bonchev–Trinajstić information content (AvgIpc) is 2.75. The number of hydrogen-bond acceptors (Lipinski definition) is 4. The SMILES string of the molecule is Cc1nc(CN(C)C(C(=O)O)c2ccccc2)cs1. The van der Waals surface area contributed by atoms with Crippen LogP contribution in [0, 0.1) is 6.92 Å². The molecule has 0 aliphatic heterocycles. The van der Waals surface area contributed by atoms with E-state index in [0.717, 1.165) is 16.3 Å². The summed E-state index contributed by atoms with van der Waals surface area (Å²) in [6.07, 6.45) is 0. The van der Waals surface area contributed by atoms with E-state index in [4.69, 9.17) is 0 Å². The Morgan fingerprint density at radius 1 is 1.42 bits per heavy atom. The first-order valence-corrected chi connectivity index (χ1v) is 6.85. The Hall–Kier alpha value is -1.72. The van der Waals surface area contributed by atoms with Gasteiger partial charge in [0.05, 0.1) is 10.7 Å². The minimum atomic E-state index is -0.847. The van der Waals surface area contributed by atoms with E-state index in [-0.39, 0.29) is 0 Å². The lowest BCUT2D eigenvalue weighted by molar-refractivity contribution is -0.143. The molecule has 1 heterocycles. The quantitative estimate of drug-likeness (QED) is 0.912. The van der Waals surface area contributed by atoms with Crippen molar-refractivity contribution in [3.63, 3.8) is 0 Å². The third kappa shape index (κ3) is 3.39. The van der Waals surface area contributed by atoms with Crippen molar-refractivity contribution in [1.29, 1.82) is 0 Å². The molecule has 1 aromatic heterocycles. The largest absolute Gasteiger partial charge is 0.480 e. The van der Waals surface area contributed by atoms with Crippen LogP contribution in [0.25, 0.3) is 0 Å². The van der Waals surface area contributed by atoms with Gasteiger partial charge in [-0.15, -0.1) is 11.3 Å². The van der Waals surface area contributed by atoms with Crippen LogP contribution in [0.1, 0.15) is 22.3 Å². The molecule has 5 heteroatoms. The monoisotopic (exact) mass is 276 g/mol. The number of likely N-dealkylation sites (N-methyl/N-ethyl adjacent to an activating group) is 1. The highest BCUT2D eigenvalue weighted by molar-refractivity contribution is 7.09. The Labute approximate surface area is 116 Å². The zero-order chi connectivity index (χ0) is 13.8. The Kier molecular flexibility index (Phi) is 4.29. The summed E-state index contributed by atoms with van der Waals surface area (Å²) in [4.78, 5) is 17.6. The molecule has 2 rings (SSSR count). The molecule has 0 amide bonds. The lowest BCUT2D eigenvalue weighted by Gasteiger charge is -2.24. The van der Waals surface area contributed by atoms with E-state index in [2.05, 4.69) is 4.98 Å². The smallest absolute Gasteiger partial charge is 0.325 e. The van der Waals surface area contributed by atoms with Gasteiger partial charge in [-0.2, -0.15) is 0 Å². The van der Waals surface area contributed by atoms with Crippen LogP contribution in [-0.4, -0.2) is 28.0 Å². The minimum Gasteiger partial charge on any atom is -0.480 e. The first-order chi connectivity index (χ1) is 9.08. The molecule has 4 nitrogen and oxygen atoms in total. The molecular weight excluding hydrogens is 260 g/mol. The van der Waals surface area contributed by atoms with Gasteiger partial charge in [0.1, 0.15) is 6.04 Å². The number of nitrogens with zero attached hydrogens (tertiary/aromatic N) is 2. The van der Waals surface area contributed by atoms with Crippen molar-refractivity contribution in [2.75, 3.05) is 7.05 Å². The van der Waals surface area contributed by atoms with Crippen LogP contribution >= 0.6 is 11.3 Å². The van der Waals surface area contributed by atoms with Gasteiger partial charge in [0.2, 0.25) is 0 Å². The molecule has 0 aliphatic rings. The number of thiazole rings is 1. The fraction of sp³-hybridized carbons (Fsp3) is 0.286. The summed E-state index contributed by atoms with van der Waals surface area (Å²) in [6, 6.07) is 8.61. The zero-order valence-electron chi connectivity index (χ0n) is 10.9. The first kappa shape index (κ1) is 13.7. The Morgan fingerprint density at radius 2 is 2.11 bits per heavy atom. The maximum Gasteiger partial charge on any atom is 0.325 e. The molecule has 100 valence electrons. The molecule has 1 unspecified atom stereocenters. The lowest BCUT2D eigenvalue weighted by atomic mass is 10.1. The highest BCUT2D eigenvalue weighted by atomic mass is 32.1. The van der Waals surface area contributed by atoms with Gasteiger partial charge in [-0.1, -0.05) is 30.3 Å². The standard InChI is InChI=1S/C14H16N2O2S/c1-10-15-12(9-19-10)8-16(2)13(14(17)18)11-6-4-3-5-7-11/h3-7,9,13H,8H2,1-2H3,(H,17,18). The second kappa shape index (κ2) is 5.95. The molecule has 2 aromatic rings. The predicted octanol–water partition coefficient (Wildman–Crippen LogP) is 2.71. The molecule has 0 saturated heterocycles. The highest BCUT2D eigenvalue weighted by Crippen LogP contribution is 2.22. The summed E-state index contributed by atoms with van der Waals surface area (Å²) in [5, 5.41) is 12.4. The first-order valence-electron chi connectivity index (χ1n) is 5.97. The molecular formula is C14H16N2O2S. The molecule has 19 heavy (non-hydrogen) atoms. The molecule has 0 spiro atoms. The maximum absolute atomic E-state index is 11.5. The number of carbonyl (C=O) groups is 1. The summed E-state index contributed by atoms with van der Waals surface area (Å²) >= 11 is 1.58. The summed E-state index contributed by atoms with van der Waals surface area (Å²) in [5.41, 5.74) is 1.69. The average molecular weight is 276 g/mol. The fourth-order valence-corrected chi connectivity index (χ4v) is 2.65. The number of aromatic nitrogens is 1. The Bertz CT molecular complexity index is 554. The number of benzene rings is 1. The highest BCUT2D eigenvalue weighted by Gasteiger charge is 2.24. The molecule has 0 fully saturated rings. The van der Waals surface area contributed by atoms with Gasteiger partial charge in [-0.05, 0) is 19.5 Å². The predicted molar refractivity (Wildman–Crippen MR) is 75.1 cm³/mol. The third-order valence-corrected chi connectivity index (χ3v) is 3.69. The fourth-order valence-electron chi connectivity index (χ4n) is 2.05. The lowest BCUT2D eigenvalue weighted by Crippen LogP contribution is -2.30. The van der Waals surface area contributed by atoms with Crippen LogP contribution in [0.5, 0.6) is 0 Å². The van der Waals surface area contributed by atoms with Crippen molar-refractivity contribution in [3.8, 4) is 0 Å². The van der Waals surface area contributed by atoms with Crippen LogP contribution < -0.4 is 0 Å². The van der Waals surface area contributed by atoms with Gasteiger partial charge in [0.15, 0.2) is 0 Å². The van der Waals surface area contributed by atoms with Gasteiger partial charge >= 0.3 is 5.97 Å². The Balaban J connectivity index is 2.18. The van der Waals surface area contributed by atoms with Crippen molar-refractivity contribution >= 4 is 17.3 Å². The van der Waals surface area contributed by atoms with E-state index in [1.807, 2.05) is 42.6 Å². The second-order valence-corrected chi connectivity index (χ2v) is 5.49. The number of aryl methyl sites for hydroxylation is 1. The van der Waals surface area contributed by atoms with E-state index < -0.39 is 12.0 Å². The molecule has 0 saturated carbocycles. The van der Waals surface area contributed by atoms with E-state index >= 15 is 0 Å². The number of hydrogen-bond donors (Lipinski definition) is 1. The van der Waals surface area contributed by atoms with Gasteiger partial charge in [-0.3, -0.25) is 9.69 Å². The summed E-state index contributed by atoms with van der Waals surface area (Å²) < 4.78 is 0. The minimum absolute atomic E-state index is 0.524. The Morgan fingerprint density at radius 3 is 2.63 bits per heavy atom. The molecule has 0 aliphatic carbocycles. The third-order valence-electron chi connectivity index (χ3n) is 2.87. The zero-order valence-corrected chi connectivity index (χ0v) is 11.7. The summed E-state index contributed by atoms with van der Waals surface area (Å²) in [5.74, 6) is -0.847. The van der Waals surface area contributed by atoms with Gasteiger partial charge < -0.3 is 5.11 Å². The number of carboxylic acids is 1. The van der Waals surface area contributed by atoms with Crippen LogP contribution in [0.2, 0.25) is 0 Å². The van der Waals surface area contributed by atoms with Crippen molar-refractivity contribution < 1.29 is 9.90 Å². The van der Waals surface area contributed by atoms with Crippen LogP contribution in [0.4, 0.5) is 0 Å². The molecule has 1 aromatic carbocycles. The van der Waals surface area contributed by atoms with Crippen LogP contribution in [0.3, 0.4) is 0 Å². The van der Waals surface area contributed by atoms with E-state index in [1.54, 1.807) is 23.3 Å².